The van der Waals surface area contributed by atoms with Crippen LogP contribution in [0.5, 0.6) is 0 Å². The third-order valence-electron chi connectivity index (χ3n) is 3.81. The average molecular weight is 287 g/mol. The van der Waals surface area contributed by atoms with Crippen LogP contribution >= 0.6 is 0 Å². The first-order valence-corrected chi connectivity index (χ1v) is 6.94. The fourth-order valence-electron chi connectivity index (χ4n) is 2.75. The standard InChI is InChI=1S/C14H17N5O2/c15-13-4-1-5-14-12(13)3-2-6-17(14)7-8-18-10-11(9-16-18)19(20)21/h1,4-5,9-10H,2-3,6-8,15H2. The molecule has 2 N–H and O–H groups in total. The lowest BCUT2D eigenvalue weighted by molar-refractivity contribution is -0.385. The lowest BCUT2D eigenvalue weighted by Gasteiger charge is -2.32. The Balaban J connectivity index is 1.72. The van der Waals surface area contributed by atoms with Crippen molar-refractivity contribution in [2.75, 3.05) is 23.7 Å². The van der Waals surface area contributed by atoms with Crippen LogP contribution in [0.4, 0.5) is 17.1 Å². The summed E-state index contributed by atoms with van der Waals surface area (Å²) in [5.41, 5.74) is 9.27. The Morgan fingerprint density at radius 2 is 2.24 bits per heavy atom. The number of anilines is 2. The zero-order valence-corrected chi connectivity index (χ0v) is 11.6. The summed E-state index contributed by atoms with van der Waals surface area (Å²) in [6.07, 6.45) is 4.82. The first-order valence-electron chi connectivity index (χ1n) is 6.94. The Morgan fingerprint density at radius 3 is 3.00 bits per heavy atom. The molecule has 0 radical (unpaired) electrons. The first kappa shape index (κ1) is 13.4. The second-order valence-electron chi connectivity index (χ2n) is 5.15. The van der Waals surface area contributed by atoms with Gasteiger partial charge in [-0.2, -0.15) is 5.10 Å². The molecule has 2 heterocycles. The van der Waals surface area contributed by atoms with Gasteiger partial charge in [0.05, 0.1) is 11.5 Å². The molecule has 110 valence electrons. The Morgan fingerprint density at radius 1 is 1.38 bits per heavy atom. The molecule has 3 rings (SSSR count). The van der Waals surface area contributed by atoms with Crippen molar-refractivity contribution in [3.8, 4) is 0 Å². The van der Waals surface area contributed by atoms with Gasteiger partial charge in [0.1, 0.15) is 12.4 Å². The van der Waals surface area contributed by atoms with Crippen LogP contribution in [0, 0.1) is 10.1 Å². The normalized spacial score (nSPS) is 14.0. The highest BCUT2D eigenvalue weighted by molar-refractivity contribution is 5.66. The molecule has 0 bridgehead atoms. The zero-order valence-electron chi connectivity index (χ0n) is 11.6. The maximum atomic E-state index is 10.6. The predicted octanol–water partition coefficient (Wildman–Crippen LogP) is 1.83. The maximum Gasteiger partial charge on any atom is 0.306 e. The molecule has 0 atom stereocenters. The summed E-state index contributed by atoms with van der Waals surface area (Å²) in [7, 11) is 0. The minimum atomic E-state index is -0.430. The molecule has 2 aromatic rings. The van der Waals surface area contributed by atoms with Crippen LogP contribution in [0.1, 0.15) is 12.0 Å². The van der Waals surface area contributed by atoms with Gasteiger partial charge in [0.15, 0.2) is 0 Å². The van der Waals surface area contributed by atoms with Crippen LogP contribution in [-0.2, 0) is 13.0 Å². The van der Waals surface area contributed by atoms with E-state index < -0.39 is 4.92 Å². The van der Waals surface area contributed by atoms with Gasteiger partial charge < -0.3 is 10.6 Å². The molecule has 1 aromatic carbocycles. The number of nitrogens with zero attached hydrogens (tertiary/aromatic N) is 4. The molecule has 1 aliphatic rings. The number of hydrogen-bond donors (Lipinski definition) is 1. The lowest BCUT2D eigenvalue weighted by Crippen LogP contribution is -2.32. The molecule has 7 nitrogen and oxygen atoms in total. The second-order valence-corrected chi connectivity index (χ2v) is 5.15. The van der Waals surface area contributed by atoms with Crippen LogP contribution in [0.25, 0.3) is 0 Å². The molecule has 1 aromatic heterocycles. The molecule has 1 aliphatic heterocycles. The molecule has 0 amide bonds. The van der Waals surface area contributed by atoms with Crippen molar-refractivity contribution >= 4 is 17.1 Å². The molecule has 0 aliphatic carbocycles. The van der Waals surface area contributed by atoms with Crippen LogP contribution in [0.2, 0.25) is 0 Å². The zero-order chi connectivity index (χ0) is 14.8. The van der Waals surface area contributed by atoms with Crippen LogP contribution < -0.4 is 10.6 Å². The average Bonchev–Trinajstić information content (AvgIpc) is 2.95. The lowest BCUT2D eigenvalue weighted by atomic mass is 10.00. The van der Waals surface area contributed by atoms with E-state index in [1.54, 1.807) is 4.68 Å². The van der Waals surface area contributed by atoms with E-state index >= 15 is 0 Å². The minimum Gasteiger partial charge on any atom is -0.398 e. The third-order valence-corrected chi connectivity index (χ3v) is 3.81. The quantitative estimate of drug-likeness (QED) is 0.526. The highest BCUT2D eigenvalue weighted by Gasteiger charge is 2.18. The smallest absolute Gasteiger partial charge is 0.306 e. The highest BCUT2D eigenvalue weighted by atomic mass is 16.6. The van der Waals surface area contributed by atoms with Crippen LogP contribution in [0.15, 0.2) is 30.6 Å². The molecular weight excluding hydrogens is 270 g/mol. The van der Waals surface area contributed by atoms with Gasteiger partial charge in [-0.15, -0.1) is 0 Å². The number of benzene rings is 1. The van der Waals surface area contributed by atoms with E-state index in [1.807, 2.05) is 12.1 Å². The summed E-state index contributed by atoms with van der Waals surface area (Å²) in [5.74, 6) is 0. The fraction of sp³-hybridized carbons (Fsp3) is 0.357. The summed E-state index contributed by atoms with van der Waals surface area (Å²) in [5, 5.41) is 14.7. The van der Waals surface area contributed by atoms with Crippen LogP contribution in [-0.4, -0.2) is 27.8 Å². The topological polar surface area (TPSA) is 90.2 Å². The Kier molecular flexibility index (Phi) is 3.47. The second kappa shape index (κ2) is 5.43. The molecule has 0 saturated heterocycles. The van der Waals surface area contributed by atoms with Gasteiger partial charge in [-0.25, -0.2) is 0 Å². The largest absolute Gasteiger partial charge is 0.398 e. The van der Waals surface area contributed by atoms with Crippen molar-refractivity contribution in [3.63, 3.8) is 0 Å². The first-order chi connectivity index (χ1) is 10.1. The Bertz CT molecular complexity index is 667. The fourth-order valence-corrected chi connectivity index (χ4v) is 2.75. The molecule has 7 heteroatoms. The highest BCUT2D eigenvalue weighted by Crippen LogP contribution is 2.31. The van der Waals surface area contributed by atoms with Crippen molar-refractivity contribution in [2.24, 2.45) is 0 Å². The monoisotopic (exact) mass is 287 g/mol. The summed E-state index contributed by atoms with van der Waals surface area (Å²) in [4.78, 5) is 12.5. The van der Waals surface area contributed by atoms with E-state index in [-0.39, 0.29) is 5.69 Å². The summed E-state index contributed by atoms with van der Waals surface area (Å²) < 4.78 is 1.61. The Hall–Kier alpha value is -2.57. The van der Waals surface area contributed by atoms with Gasteiger partial charge in [-0.3, -0.25) is 14.8 Å². The molecule has 0 unspecified atom stereocenters. The summed E-state index contributed by atoms with van der Waals surface area (Å²) >= 11 is 0. The van der Waals surface area contributed by atoms with E-state index in [1.165, 1.54) is 23.6 Å². The molecular formula is C14H17N5O2. The Labute approximate surface area is 122 Å². The van der Waals surface area contributed by atoms with Gasteiger partial charge in [0.2, 0.25) is 0 Å². The maximum absolute atomic E-state index is 10.6. The number of rotatable bonds is 4. The van der Waals surface area contributed by atoms with Gasteiger partial charge in [-0.05, 0) is 30.5 Å². The SMILES string of the molecule is Nc1cccc2c1CCCN2CCn1cc([N+](=O)[O-])cn1. The van der Waals surface area contributed by atoms with Crippen molar-refractivity contribution in [1.82, 2.24) is 9.78 Å². The third kappa shape index (κ3) is 2.67. The van der Waals surface area contributed by atoms with E-state index in [4.69, 9.17) is 5.73 Å². The number of nitrogens with two attached hydrogens (primary N) is 1. The van der Waals surface area contributed by atoms with Crippen molar-refractivity contribution in [2.45, 2.75) is 19.4 Å². The summed E-state index contributed by atoms with van der Waals surface area (Å²) in [6.45, 7) is 2.34. The van der Waals surface area contributed by atoms with E-state index in [9.17, 15) is 10.1 Å². The van der Waals surface area contributed by atoms with Crippen molar-refractivity contribution < 1.29 is 4.92 Å². The number of nitrogen functional groups attached to an aromatic ring is 1. The van der Waals surface area contributed by atoms with Gasteiger partial charge in [0.25, 0.3) is 0 Å². The van der Waals surface area contributed by atoms with Gasteiger partial charge in [0, 0.05) is 24.5 Å². The van der Waals surface area contributed by atoms with Crippen molar-refractivity contribution in [3.05, 3.63) is 46.3 Å². The van der Waals surface area contributed by atoms with Gasteiger partial charge in [-0.1, -0.05) is 6.07 Å². The molecule has 0 fully saturated rings. The van der Waals surface area contributed by atoms with E-state index in [0.717, 1.165) is 31.6 Å². The molecule has 21 heavy (non-hydrogen) atoms. The number of hydrogen-bond acceptors (Lipinski definition) is 5. The number of aromatic nitrogens is 2. The van der Waals surface area contributed by atoms with Crippen molar-refractivity contribution in [1.29, 1.82) is 0 Å². The minimum absolute atomic E-state index is 0.0262. The van der Waals surface area contributed by atoms with Gasteiger partial charge >= 0.3 is 5.69 Å². The molecule has 0 spiro atoms. The number of fused-ring (bicyclic) bond motifs is 1. The van der Waals surface area contributed by atoms with Crippen LogP contribution in [0.3, 0.4) is 0 Å². The molecule has 0 saturated carbocycles. The predicted molar refractivity (Wildman–Crippen MR) is 80.3 cm³/mol. The van der Waals surface area contributed by atoms with E-state index in [0.29, 0.717) is 6.54 Å². The number of nitro groups is 1. The van der Waals surface area contributed by atoms with E-state index in [2.05, 4.69) is 16.1 Å². The summed E-state index contributed by atoms with van der Waals surface area (Å²) in [6, 6.07) is 5.97.